The number of hydrogen-bond acceptors (Lipinski definition) is 3. The van der Waals surface area contributed by atoms with Crippen LogP contribution in [0.1, 0.15) is 54.3 Å². The number of nitrogens with zero attached hydrogens (tertiary/aromatic N) is 2. The third-order valence-electron chi connectivity index (χ3n) is 3.98. The number of ether oxygens (including phenoxy) is 1. The summed E-state index contributed by atoms with van der Waals surface area (Å²) in [6, 6.07) is 3.77. The van der Waals surface area contributed by atoms with Gasteiger partial charge in [0.15, 0.2) is 6.29 Å². The van der Waals surface area contributed by atoms with Crippen LogP contribution in [-0.4, -0.2) is 22.8 Å². The molecule has 0 radical (unpaired) electrons. The first-order valence-electron chi connectivity index (χ1n) is 6.84. The lowest BCUT2D eigenvalue weighted by atomic mass is 9.89. The molecule has 100 valence electrons. The van der Waals surface area contributed by atoms with Crippen LogP contribution in [0.2, 0.25) is 0 Å². The quantitative estimate of drug-likeness (QED) is 0.794. The number of carbonyl (C=O) groups is 1. The van der Waals surface area contributed by atoms with Crippen molar-refractivity contribution in [2.75, 3.05) is 7.11 Å². The van der Waals surface area contributed by atoms with Gasteiger partial charge >= 0.3 is 0 Å². The predicted molar refractivity (Wildman–Crippen MR) is 73.0 cm³/mol. The van der Waals surface area contributed by atoms with Crippen molar-refractivity contribution >= 4 is 11.8 Å². The van der Waals surface area contributed by atoms with Gasteiger partial charge in [-0.25, -0.2) is 4.98 Å². The number of rotatable bonds is 3. The minimum atomic E-state index is 0.460. The summed E-state index contributed by atoms with van der Waals surface area (Å²) in [6.45, 7) is 0. The molecule has 2 aromatic heterocycles. The molecule has 1 aliphatic carbocycles. The Labute approximate surface area is 112 Å². The third kappa shape index (κ3) is 2.11. The van der Waals surface area contributed by atoms with Crippen LogP contribution in [0.25, 0.3) is 5.52 Å². The molecule has 0 bridgehead atoms. The molecule has 3 rings (SSSR count). The van der Waals surface area contributed by atoms with Gasteiger partial charge in [-0.1, -0.05) is 19.3 Å². The van der Waals surface area contributed by atoms with Gasteiger partial charge in [0.05, 0.1) is 18.8 Å². The van der Waals surface area contributed by atoms with E-state index in [0.717, 1.165) is 36.2 Å². The van der Waals surface area contributed by atoms with E-state index in [-0.39, 0.29) is 0 Å². The highest BCUT2D eigenvalue weighted by Crippen LogP contribution is 2.33. The topological polar surface area (TPSA) is 43.6 Å². The van der Waals surface area contributed by atoms with E-state index in [4.69, 9.17) is 4.74 Å². The van der Waals surface area contributed by atoms with Crippen LogP contribution in [0.5, 0.6) is 5.75 Å². The standard InChI is InChI=1S/C15H18N2O2/c1-19-12-7-8-14-13(10-18)16-15(17(14)9-12)11-5-3-2-4-6-11/h7-11H,2-6H2,1H3. The Morgan fingerprint density at radius 2 is 2.11 bits per heavy atom. The summed E-state index contributed by atoms with van der Waals surface area (Å²) in [5, 5.41) is 0. The van der Waals surface area contributed by atoms with Gasteiger partial charge in [-0.3, -0.25) is 9.20 Å². The van der Waals surface area contributed by atoms with Gasteiger partial charge in [0.1, 0.15) is 17.3 Å². The van der Waals surface area contributed by atoms with E-state index in [1.54, 1.807) is 7.11 Å². The first-order valence-corrected chi connectivity index (χ1v) is 6.84. The molecule has 0 amide bonds. The highest BCUT2D eigenvalue weighted by atomic mass is 16.5. The van der Waals surface area contributed by atoms with E-state index >= 15 is 0 Å². The Bertz CT molecular complexity index is 597. The number of methoxy groups -OCH3 is 1. The van der Waals surface area contributed by atoms with Gasteiger partial charge in [-0.05, 0) is 25.0 Å². The average Bonchev–Trinajstić information content (AvgIpc) is 2.86. The number of imidazole rings is 1. The number of hydrogen-bond donors (Lipinski definition) is 0. The molecular formula is C15H18N2O2. The van der Waals surface area contributed by atoms with E-state index in [2.05, 4.69) is 4.98 Å². The Morgan fingerprint density at radius 1 is 1.32 bits per heavy atom. The number of carbonyl (C=O) groups excluding carboxylic acids is 1. The monoisotopic (exact) mass is 258 g/mol. The highest BCUT2D eigenvalue weighted by molar-refractivity contribution is 5.84. The van der Waals surface area contributed by atoms with E-state index in [1.165, 1.54) is 19.3 Å². The van der Waals surface area contributed by atoms with Crippen molar-refractivity contribution in [2.24, 2.45) is 0 Å². The van der Waals surface area contributed by atoms with E-state index in [9.17, 15) is 4.79 Å². The summed E-state index contributed by atoms with van der Waals surface area (Å²) in [5.41, 5.74) is 1.40. The van der Waals surface area contributed by atoms with Crippen LogP contribution in [0.15, 0.2) is 18.3 Å². The van der Waals surface area contributed by atoms with Crippen LogP contribution < -0.4 is 4.74 Å². The molecule has 19 heavy (non-hydrogen) atoms. The highest BCUT2D eigenvalue weighted by Gasteiger charge is 2.22. The normalized spacial score (nSPS) is 16.7. The first-order chi connectivity index (χ1) is 9.33. The summed E-state index contributed by atoms with van der Waals surface area (Å²) < 4.78 is 7.30. The number of pyridine rings is 1. The average molecular weight is 258 g/mol. The van der Waals surface area contributed by atoms with Crippen molar-refractivity contribution in [3.05, 3.63) is 29.8 Å². The number of fused-ring (bicyclic) bond motifs is 1. The maximum Gasteiger partial charge on any atom is 0.170 e. The summed E-state index contributed by atoms with van der Waals surface area (Å²) in [4.78, 5) is 15.7. The van der Waals surface area contributed by atoms with Crippen molar-refractivity contribution in [3.63, 3.8) is 0 Å². The van der Waals surface area contributed by atoms with Crippen molar-refractivity contribution in [2.45, 2.75) is 38.0 Å². The molecule has 0 unspecified atom stereocenters. The first kappa shape index (κ1) is 12.2. The third-order valence-corrected chi connectivity index (χ3v) is 3.98. The second-order valence-corrected chi connectivity index (χ2v) is 5.13. The minimum absolute atomic E-state index is 0.460. The Hall–Kier alpha value is -1.84. The SMILES string of the molecule is COc1ccc2c(C=O)nc(C3CCCCC3)n2c1. The molecule has 1 aliphatic rings. The molecule has 2 heterocycles. The zero-order chi connectivity index (χ0) is 13.2. The van der Waals surface area contributed by atoms with Gasteiger partial charge in [0, 0.05) is 5.92 Å². The van der Waals surface area contributed by atoms with E-state index in [1.807, 2.05) is 22.7 Å². The van der Waals surface area contributed by atoms with E-state index in [0.29, 0.717) is 11.6 Å². The van der Waals surface area contributed by atoms with Crippen LogP contribution >= 0.6 is 0 Å². The van der Waals surface area contributed by atoms with Gasteiger partial charge in [-0.2, -0.15) is 0 Å². The zero-order valence-corrected chi connectivity index (χ0v) is 11.1. The van der Waals surface area contributed by atoms with Crippen molar-refractivity contribution in [1.82, 2.24) is 9.38 Å². The fraction of sp³-hybridized carbons (Fsp3) is 0.467. The molecule has 0 atom stereocenters. The van der Waals surface area contributed by atoms with Crippen molar-refractivity contribution < 1.29 is 9.53 Å². The number of aromatic nitrogens is 2. The lowest BCUT2D eigenvalue weighted by molar-refractivity contribution is 0.112. The lowest BCUT2D eigenvalue weighted by Gasteiger charge is -2.20. The molecule has 2 aromatic rings. The maximum atomic E-state index is 11.2. The lowest BCUT2D eigenvalue weighted by Crippen LogP contribution is -2.08. The molecule has 0 N–H and O–H groups in total. The van der Waals surface area contributed by atoms with Crippen LogP contribution in [0.4, 0.5) is 0 Å². The fourth-order valence-corrected chi connectivity index (χ4v) is 2.97. The largest absolute Gasteiger partial charge is 0.495 e. The molecule has 1 saturated carbocycles. The molecule has 0 aromatic carbocycles. The van der Waals surface area contributed by atoms with Crippen molar-refractivity contribution in [3.8, 4) is 5.75 Å². The summed E-state index contributed by atoms with van der Waals surface area (Å²) >= 11 is 0. The van der Waals surface area contributed by atoms with Crippen LogP contribution in [0, 0.1) is 0 Å². The Morgan fingerprint density at radius 3 is 2.79 bits per heavy atom. The van der Waals surface area contributed by atoms with E-state index < -0.39 is 0 Å². The maximum absolute atomic E-state index is 11.2. The molecular weight excluding hydrogens is 240 g/mol. The van der Waals surface area contributed by atoms with Gasteiger partial charge in [-0.15, -0.1) is 0 Å². The summed E-state index contributed by atoms with van der Waals surface area (Å²) in [5.74, 6) is 2.26. The zero-order valence-electron chi connectivity index (χ0n) is 11.1. The fourth-order valence-electron chi connectivity index (χ4n) is 2.97. The molecule has 0 aliphatic heterocycles. The second kappa shape index (κ2) is 5.03. The molecule has 0 saturated heterocycles. The molecule has 0 spiro atoms. The Kier molecular flexibility index (Phi) is 3.23. The smallest absolute Gasteiger partial charge is 0.170 e. The predicted octanol–water partition coefficient (Wildman–Crippen LogP) is 3.20. The molecule has 1 fully saturated rings. The Balaban J connectivity index is 2.13. The minimum Gasteiger partial charge on any atom is -0.495 e. The van der Waals surface area contributed by atoms with Gasteiger partial charge in [0.2, 0.25) is 0 Å². The molecule has 4 nitrogen and oxygen atoms in total. The van der Waals surface area contributed by atoms with Gasteiger partial charge < -0.3 is 4.74 Å². The molecule has 4 heteroatoms. The second-order valence-electron chi connectivity index (χ2n) is 5.13. The summed E-state index contributed by atoms with van der Waals surface area (Å²) in [7, 11) is 1.65. The van der Waals surface area contributed by atoms with Crippen LogP contribution in [-0.2, 0) is 0 Å². The summed E-state index contributed by atoms with van der Waals surface area (Å²) in [6.07, 6.45) is 8.90. The number of aldehydes is 1. The van der Waals surface area contributed by atoms with Crippen LogP contribution in [0.3, 0.4) is 0 Å². The van der Waals surface area contributed by atoms with Gasteiger partial charge in [0.25, 0.3) is 0 Å². The van der Waals surface area contributed by atoms with Crippen molar-refractivity contribution in [1.29, 1.82) is 0 Å².